The molecular formula is C14H12Br2N2O2. The van der Waals surface area contributed by atoms with E-state index >= 15 is 0 Å². The normalized spacial score (nSPS) is 13.1. The summed E-state index contributed by atoms with van der Waals surface area (Å²) in [5.74, 6) is 1.57. The number of anilines is 1. The number of nitrogens with zero attached hydrogens (tertiary/aromatic N) is 1. The molecule has 0 fully saturated rings. The van der Waals surface area contributed by atoms with Gasteiger partial charge in [-0.2, -0.15) is 0 Å². The maximum atomic E-state index is 5.61. The van der Waals surface area contributed by atoms with Gasteiger partial charge in [-0.25, -0.2) is 4.98 Å². The van der Waals surface area contributed by atoms with E-state index in [4.69, 9.17) is 9.47 Å². The molecule has 0 atom stereocenters. The number of ether oxygens (including phenoxy) is 2. The van der Waals surface area contributed by atoms with Gasteiger partial charge in [0.05, 0.1) is 16.4 Å². The van der Waals surface area contributed by atoms with Crippen molar-refractivity contribution in [3.05, 3.63) is 45.1 Å². The Bertz CT molecular complexity index is 617. The Morgan fingerprint density at radius 1 is 1.15 bits per heavy atom. The van der Waals surface area contributed by atoms with Crippen LogP contribution in [0, 0.1) is 0 Å². The lowest BCUT2D eigenvalue weighted by Gasteiger charge is -2.20. The third-order valence-electron chi connectivity index (χ3n) is 2.88. The molecule has 0 spiro atoms. The Hall–Kier alpha value is -1.27. The molecule has 6 heteroatoms. The van der Waals surface area contributed by atoms with Gasteiger partial charge in [0.15, 0.2) is 11.5 Å². The molecule has 4 nitrogen and oxygen atoms in total. The molecule has 0 saturated heterocycles. The van der Waals surface area contributed by atoms with Crippen LogP contribution in [0.1, 0.15) is 5.56 Å². The Morgan fingerprint density at radius 3 is 2.80 bits per heavy atom. The van der Waals surface area contributed by atoms with Gasteiger partial charge in [0.2, 0.25) is 0 Å². The highest BCUT2D eigenvalue weighted by Crippen LogP contribution is 2.38. The first kappa shape index (κ1) is 13.7. The predicted octanol–water partition coefficient (Wildman–Crippen LogP) is 3.99. The van der Waals surface area contributed by atoms with Crippen LogP contribution in [0.25, 0.3) is 0 Å². The molecule has 1 aromatic heterocycles. The molecule has 1 aromatic carbocycles. The van der Waals surface area contributed by atoms with Crippen molar-refractivity contribution in [1.29, 1.82) is 0 Å². The van der Waals surface area contributed by atoms with Crippen LogP contribution in [0.2, 0.25) is 0 Å². The highest BCUT2D eigenvalue weighted by atomic mass is 79.9. The quantitative estimate of drug-likeness (QED) is 0.792. The highest BCUT2D eigenvalue weighted by molar-refractivity contribution is 9.10. The maximum Gasteiger partial charge on any atom is 0.175 e. The average Bonchev–Trinajstić information content (AvgIpc) is 2.47. The number of fused-ring (bicyclic) bond motifs is 1. The molecule has 0 radical (unpaired) electrons. The van der Waals surface area contributed by atoms with E-state index in [0.29, 0.717) is 19.8 Å². The van der Waals surface area contributed by atoms with Crippen molar-refractivity contribution in [2.75, 3.05) is 18.5 Å². The molecule has 0 unspecified atom stereocenters. The van der Waals surface area contributed by atoms with Gasteiger partial charge in [0.1, 0.15) is 17.8 Å². The van der Waals surface area contributed by atoms with Gasteiger partial charge >= 0.3 is 0 Å². The van der Waals surface area contributed by atoms with Crippen molar-refractivity contribution in [1.82, 2.24) is 4.98 Å². The third-order valence-corrected chi connectivity index (χ3v) is 3.94. The van der Waals surface area contributed by atoms with Crippen molar-refractivity contribution < 1.29 is 9.47 Å². The largest absolute Gasteiger partial charge is 0.486 e. The van der Waals surface area contributed by atoms with Gasteiger partial charge in [0.25, 0.3) is 0 Å². The predicted molar refractivity (Wildman–Crippen MR) is 84.4 cm³/mol. The number of benzene rings is 1. The van der Waals surface area contributed by atoms with Crippen LogP contribution in [0.4, 0.5) is 5.69 Å². The molecule has 0 aliphatic carbocycles. The molecule has 104 valence electrons. The van der Waals surface area contributed by atoms with Crippen LogP contribution in [0.5, 0.6) is 11.5 Å². The molecule has 0 saturated carbocycles. The van der Waals surface area contributed by atoms with Crippen LogP contribution in [0.3, 0.4) is 0 Å². The van der Waals surface area contributed by atoms with E-state index in [-0.39, 0.29) is 0 Å². The fourth-order valence-corrected chi connectivity index (χ4v) is 2.79. The van der Waals surface area contributed by atoms with Crippen molar-refractivity contribution in [2.45, 2.75) is 6.54 Å². The van der Waals surface area contributed by atoms with E-state index < -0.39 is 0 Å². The first-order valence-electron chi connectivity index (χ1n) is 6.16. The Balaban J connectivity index is 1.74. The van der Waals surface area contributed by atoms with E-state index in [1.165, 1.54) is 0 Å². The third kappa shape index (κ3) is 3.07. The van der Waals surface area contributed by atoms with Crippen LogP contribution >= 0.6 is 31.9 Å². The Kier molecular flexibility index (Phi) is 4.12. The van der Waals surface area contributed by atoms with E-state index in [1.54, 1.807) is 6.20 Å². The minimum absolute atomic E-state index is 0.590. The standard InChI is InChI=1S/C14H12Br2N2O2/c15-11-5-9(6-12-14(11)20-4-3-19-12)7-17-10-1-2-13(16)18-8-10/h1-2,5-6,8,17H,3-4,7H2. The second kappa shape index (κ2) is 6.01. The SMILES string of the molecule is Brc1ccc(NCc2cc(Br)c3c(c2)OCCO3)cn1. The van der Waals surface area contributed by atoms with E-state index in [0.717, 1.165) is 31.8 Å². The summed E-state index contributed by atoms with van der Waals surface area (Å²) < 4.78 is 12.9. The first-order chi connectivity index (χ1) is 9.72. The lowest BCUT2D eigenvalue weighted by Crippen LogP contribution is -2.16. The number of aromatic nitrogens is 1. The van der Waals surface area contributed by atoms with Crippen molar-refractivity contribution in [3.8, 4) is 11.5 Å². The summed E-state index contributed by atoms with van der Waals surface area (Å²) in [4.78, 5) is 4.18. The van der Waals surface area contributed by atoms with E-state index in [2.05, 4.69) is 42.2 Å². The van der Waals surface area contributed by atoms with Crippen molar-refractivity contribution in [2.24, 2.45) is 0 Å². The minimum Gasteiger partial charge on any atom is -0.486 e. The average molecular weight is 400 g/mol. The molecule has 0 bridgehead atoms. The first-order valence-corrected chi connectivity index (χ1v) is 7.74. The Labute approximate surface area is 133 Å². The van der Waals surface area contributed by atoms with Crippen molar-refractivity contribution >= 4 is 37.5 Å². The molecule has 2 aromatic rings. The molecule has 1 aliphatic rings. The van der Waals surface area contributed by atoms with Crippen LogP contribution < -0.4 is 14.8 Å². The summed E-state index contributed by atoms with van der Waals surface area (Å²) in [5.41, 5.74) is 2.09. The minimum atomic E-state index is 0.590. The molecule has 0 amide bonds. The highest BCUT2D eigenvalue weighted by Gasteiger charge is 2.16. The number of hydrogen-bond acceptors (Lipinski definition) is 4. The van der Waals surface area contributed by atoms with Gasteiger partial charge in [-0.1, -0.05) is 0 Å². The lowest BCUT2D eigenvalue weighted by atomic mass is 10.2. The van der Waals surface area contributed by atoms with Crippen molar-refractivity contribution in [3.63, 3.8) is 0 Å². The zero-order valence-electron chi connectivity index (χ0n) is 10.5. The van der Waals surface area contributed by atoms with Crippen LogP contribution in [-0.4, -0.2) is 18.2 Å². The fraction of sp³-hybridized carbons (Fsp3) is 0.214. The molecule has 2 heterocycles. The fourth-order valence-electron chi connectivity index (χ4n) is 1.95. The summed E-state index contributed by atoms with van der Waals surface area (Å²) in [6.07, 6.45) is 1.79. The molecule has 20 heavy (non-hydrogen) atoms. The second-order valence-corrected chi connectivity index (χ2v) is 5.99. The van der Waals surface area contributed by atoms with Gasteiger partial charge in [-0.05, 0) is 61.7 Å². The number of pyridine rings is 1. The van der Waals surface area contributed by atoms with Gasteiger partial charge in [-0.3, -0.25) is 0 Å². The van der Waals surface area contributed by atoms with Gasteiger partial charge in [-0.15, -0.1) is 0 Å². The number of halogens is 2. The summed E-state index contributed by atoms with van der Waals surface area (Å²) >= 11 is 6.83. The lowest BCUT2D eigenvalue weighted by molar-refractivity contribution is 0.170. The summed E-state index contributed by atoms with van der Waals surface area (Å²) in [6, 6.07) is 7.91. The summed E-state index contributed by atoms with van der Waals surface area (Å²) in [7, 11) is 0. The van der Waals surface area contributed by atoms with Crippen LogP contribution in [-0.2, 0) is 6.54 Å². The molecule has 3 rings (SSSR count). The number of nitrogens with one attached hydrogen (secondary N) is 1. The van der Waals surface area contributed by atoms with E-state index in [9.17, 15) is 0 Å². The zero-order valence-corrected chi connectivity index (χ0v) is 13.7. The van der Waals surface area contributed by atoms with Gasteiger partial charge < -0.3 is 14.8 Å². The zero-order chi connectivity index (χ0) is 13.9. The second-order valence-electron chi connectivity index (χ2n) is 4.32. The smallest absolute Gasteiger partial charge is 0.175 e. The Morgan fingerprint density at radius 2 is 2.00 bits per heavy atom. The summed E-state index contributed by atoms with van der Waals surface area (Å²) in [6.45, 7) is 1.87. The number of rotatable bonds is 3. The van der Waals surface area contributed by atoms with Gasteiger partial charge in [0, 0.05) is 6.54 Å². The molecule has 1 N–H and O–H groups in total. The summed E-state index contributed by atoms with van der Waals surface area (Å²) in [5, 5.41) is 3.32. The monoisotopic (exact) mass is 398 g/mol. The van der Waals surface area contributed by atoms with E-state index in [1.807, 2.05) is 24.3 Å². The maximum absolute atomic E-state index is 5.61. The topological polar surface area (TPSA) is 43.4 Å². The van der Waals surface area contributed by atoms with Crippen LogP contribution in [0.15, 0.2) is 39.5 Å². The molecule has 1 aliphatic heterocycles. The number of hydrogen-bond donors (Lipinski definition) is 1. The molecular weight excluding hydrogens is 388 g/mol.